The molecule has 1 aliphatic heterocycles. The third-order valence-corrected chi connectivity index (χ3v) is 10.9. The lowest BCUT2D eigenvalue weighted by atomic mass is 9.85. The van der Waals surface area contributed by atoms with Crippen molar-refractivity contribution in [2.24, 2.45) is 5.41 Å². The van der Waals surface area contributed by atoms with Gasteiger partial charge in [0.1, 0.15) is 24.7 Å². The van der Waals surface area contributed by atoms with Crippen molar-refractivity contribution in [3.63, 3.8) is 0 Å². The van der Waals surface area contributed by atoms with Crippen LogP contribution in [-0.2, 0) is 25.5 Å². The number of fused-ring (bicyclic) bond motifs is 4. The Bertz CT molecular complexity index is 1840. The van der Waals surface area contributed by atoms with Crippen LogP contribution in [0.15, 0.2) is 72.8 Å². The van der Waals surface area contributed by atoms with Gasteiger partial charge in [-0.05, 0) is 71.4 Å². The first-order chi connectivity index (χ1) is 25.2. The van der Waals surface area contributed by atoms with Gasteiger partial charge in [0.15, 0.2) is 0 Å². The fourth-order valence-electron chi connectivity index (χ4n) is 7.83. The maximum atomic E-state index is 14.5. The van der Waals surface area contributed by atoms with E-state index in [0.29, 0.717) is 0 Å². The molecule has 4 N–H and O–H groups in total. The van der Waals surface area contributed by atoms with Crippen LogP contribution in [0.2, 0.25) is 0 Å². The van der Waals surface area contributed by atoms with Crippen LogP contribution >= 0.6 is 0 Å². The molecule has 0 aromatic heterocycles. The number of carbonyl (C=O) groups excluding carboxylic acids is 4. The fraction of sp³-hybridized carbons (Fsp3) is 0.439. The molecule has 12 nitrogen and oxygen atoms in total. The number of hydrogen-bond acceptors (Lipinski definition) is 6. The summed E-state index contributed by atoms with van der Waals surface area (Å²) in [6.45, 7) is 6.93. The van der Waals surface area contributed by atoms with Crippen molar-refractivity contribution in [3.05, 3.63) is 95.1 Å². The van der Waals surface area contributed by atoms with Crippen LogP contribution in [0.1, 0.15) is 81.2 Å². The van der Waals surface area contributed by atoms with E-state index in [2.05, 4.69) is 34.1 Å². The van der Waals surface area contributed by atoms with E-state index in [0.717, 1.165) is 52.0 Å². The van der Waals surface area contributed by atoms with E-state index < -0.39 is 53.6 Å². The Morgan fingerprint density at radius 2 is 1.51 bits per heavy atom. The monoisotopic (exact) mass is 723 g/mol. The maximum Gasteiger partial charge on any atom is 0.407 e. The van der Waals surface area contributed by atoms with E-state index in [1.807, 2.05) is 54.6 Å². The number of nitrogens with zero attached hydrogens (tertiary/aromatic N) is 2. The molecule has 3 aromatic carbocycles. The summed E-state index contributed by atoms with van der Waals surface area (Å²) in [6.07, 6.45) is 0.777. The highest BCUT2D eigenvalue weighted by atomic mass is 16.5. The number of amides is 5. The molecule has 3 aromatic rings. The Morgan fingerprint density at radius 1 is 0.906 bits per heavy atom. The Kier molecular flexibility index (Phi) is 10.8. The molecule has 1 heterocycles. The molecule has 0 spiro atoms. The number of likely N-dealkylation sites (N-methyl/N-ethyl adjacent to an activating group) is 1. The van der Waals surface area contributed by atoms with Crippen molar-refractivity contribution in [2.45, 2.75) is 89.5 Å². The SMILES string of the molecule is C[C@@H](C(=O)N[C@H](C(=O)N1C[C@@H](NC(=O)OCC2c3ccccc3-c3ccccc32)C[C@H]1C(=O)N[C@@H]1CCCc2ccccc21)C(C)(C)C)N(C)C(=O)O. The van der Waals surface area contributed by atoms with Gasteiger partial charge in [-0.2, -0.15) is 0 Å². The summed E-state index contributed by atoms with van der Waals surface area (Å²) in [6, 6.07) is 20.2. The molecule has 1 saturated heterocycles. The van der Waals surface area contributed by atoms with E-state index in [-0.39, 0.29) is 37.4 Å². The number of aryl methyl sites for hydroxylation is 1. The van der Waals surface area contributed by atoms with E-state index in [4.69, 9.17) is 4.74 Å². The van der Waals surface area contributed by atoms with Gasteiger partial charge in [0, 0.05) is 19.5 Å². The molecule has 3 aliphatic rings. The summed E-state index contributed by atoms with van der Waals surface area (Å²) in [5.41, 5.74) is 5.80. The molecule has 2 aliphatic carbocycles. The van der Waals surface area contributed by atoms with Crippen molar-refractivity contribution < 1.29 is 33.8 Å². The summed E-state index contributed by atoms with van der Waals surface area (Å²) in [5.74, 6) is -1.63. The lowest BCUT2D eigenvalue weighted by Crippen LogP contribution is -2.60. The minimum atomic E-state index is -1.28. The fourth-order valence-corrected chi connectivity index (χ4v) is 7.83. The Hall–Kier alpha value is -5.39. The first kappa shape index (κ1) is 37.4. The van der Waals surface area contributed by atoms with Crippen molar-refractivity contribution in [1.29, 1.82) is 0 Å². The smallest absolute Gasteiger partial charge is 0.407 e. The van der Waals surface area contributed by atoms with Gasteiger partial charge in [-0.3, -0.25) is 19.3 Å². The van der Waals surface area contributed by atoms with E-state index in [1.165, 1.54) is 24.4 Å². The second kappa shape index (κ2) is 15.3. The van der Waals surface area contributed by atoms with Crippen molar-refractivity contribution in [2.75, 3.05) is 20.2 Å². The molecule has 0 radical (unpaired) electrons. The maximum absolute atomic E-state index is 14.5. The second-order valence-electron chi connectivity index (χ2n) is 15.4. The van der Waals surface area contributed by atoms with Crippen LogP contribution in [0.3, 0.4) is 0 Å². The highest BCUT2D eigenvalue weighted by molar-refractivity contribution is 5.95. The Balaban J connectivity index is 1.20. The molecule has 0 saturated carbocycles. The minimum Gasteiger partial charge on any atom is -0.465 e. The van der Waals surface area contributed by atoms with Gasteiger partial charge in [-0.15, -0.1) is 0 Å². The average Bonchev–Trinajstić information content (AvgIpc) is 3.70. The van der Waals surface area contributed by atoms with Gasteiger partial charge in [-0.1, -0.05) is 93.6 Å². The molecule has 6 rings (SSSR count). The number of carboxylic acid groups (broad SMARTS) is 1. The number of likely N-dealkylation sites (tertiary alicyclic amines) is 1. The van der Waals surface area contributed by atoms with Crippen LogP contribution in [0, 0.1) is 5.41 Å². The molecule has 5 amide bonds. The van der Waals surface area contributed by atoms with Gasteiger partial charge in [0.05, 0.1) is 12.1 Å². The largest absolute Gasteiger partial charge is 0.465 e. The topological polar surface area (TPSA) is 157 Å². The van der Waals surface area contributed by atoms with Gasteiger partial charge < -0.3 is 30.7 Å². The molecule has 53 heavy (non-hydrogen) atoms. The zero-order valence-corrected chi connectivity index (χ0v) is 30.9. The van der Waals surface area contributed by atoms with Crippen LogP contribution in [0.4, 0.5) is 9.59 Å². The number of ether oxygens (including phenoxy) is 1. The molecule has 5 atom stereocenters. The van der Waals surface area contributed by atoms with Crippen molar-refractivity contribution >= 4 is 29.9 Å². The normalized spacial score (nSPS) is 20.2. The van der Waals surface area contributed by atoms with E-state index in [1.54, 1.807) is 20.8 Å². The zero-order chi connectivity index (χ0) is 38.0. The Morgan fingerprint density at radius 3 is 2.13 bits per heavy atom. The zero-order valence-electron chi connectivity index (χ0n) is 30.9. The minimum absolute atomic E-state index is 0.00933. The predicted octanol–water partition coefficient (Wildman–Crippen LogP) is 5.22. The van der Waals surface area contributed by atoms with Gasteiger partial charge in [-0.25, -0.2) is 9.59 Å². The molecule has 0 bridgehead atoms. The second-order valence-corrected chi connectivity index (χ2v) is 15.4. The average molecular weight is 724 g/mol. The van der Waals surface area contributed by atoms with Crippen molar-refractivity contribution in [1.82, 2.24) is 25.8 Å². The highest BCUT2D eigenvalue weighted by Gasteiger charge is 2.46. The lowest BCUT2D eigenvalue weighted by molar-refractivity contribution is -0.144. The summed E-state index contributed by atoms with van der Waals surface area (Å²) in [4.78, 5) is 69.1. The summed E-state index contributed by atoms with van der Waals surface area (Å²) in [7, 11) is 1.28. The molecule has 12 heteroatoms. The van der Waals surface area contributed by atoms with E-state index in [9.17, 15) is 29.1 Å². The molecule has 1 fully saturated rings. The Labute approximate surface area is 310 Å². The van der Waals surface area contributed by atoms with Gasteiger partial charge >= 0.3 is 12.2 Å². The third-order valence-electron chi connectivity index (χ3n) is 10.9. The van der Waals surface area contributed by atoms with Crippen LogP contribution < -0.4 is 16.0 Å². The number of benzene rings is 3. The number of alkyl carbamates (subject to hydrolysis) is 1. The van der Waals surface area contributed by atoms with E-state index >= 15 is 0 Å². The third kappa shape index (κ3) is 7.86. The lowest BCUT2D eigenvalue weighted by Gasteiger charge is -2.37. The molecule has 0 unspecified atom stereocenters. The standard InChI is InChI=1S/C41H49N5O7/c1-24(45(5)40(51)52)36(47)44-35(41(2,3)4)38(49)46-22-26(21-34(46)37(48)43-33-20-12-14-25-13-6-7-15-27(25)33)42-39(50)53-23-32-30-18-10-8-16-28(30)29-17-9-11-19-31(29)32/h6-11,13,15-19,24,26,32-35H,12,14,20-23H2,1-5H3,(H,42,50)(H,43,48)(H,44,47)(H,51,52)/t24-,26-,33+,34-,35+/m0/s1. The molecular formula is C41H49N5O7. The quantitative estimate of drug-likeness (QED) is 0.236. The van der Waals surface area contributed by atoms with Crippen molar-refractivity contribution in [3.8, 4) is 11.1 Å². The van der Waals surface area contributed by atoms with Gasteiger partial charge in [0.25, 0.3) is 0 Å². The molecule has 280 valence electrons. The van der Waals surface area contributed by atoms with Crippen LogP contribution in [0.25, 0.3) is 11.1 Å². The first-order valence-corrected chi connectivity index (χ1v) is 18.3. The first-order valence-electron chi connectivity index (χ1n) is 18.3. The summed E-state index contributed by atoms with van der Waals surface area (Å²) >= 11 is 0. The van der Waals surface area contributed by atoms with Crippen LogP contribution in [0.5, 0.6) is 0 Å². The van der Waals surface area contributed by atoms with Crippen LogP contribution in [-0.4, -0.2) is 89.2 Å². The molecular weight excluding hydrogens is 674 g/mol. The summed E-state index contributed by atoms with van der Waals surface area (Å²) in [5, 5.41) is 18.3. The predicted molar refractivity (Wildman–Crippen MR) is 199 cm³/mol. The number of nitrogens with one attached hydrogen (secondary N) is 3. The number of rotatable bonds is 9. The number of carbonyl (C=O) groups is 5. The summed E-state index contributed by atoms with van der Waals surface area (Å²) < 4.78 is 5.81. The van der Waals surface area contributed by atoms with Gasteiger partial charge in [0.2, 0.25) is 17.7 Å². The highest BCUT2D eigenvalue weighted by Crippen LogP contribution is 2.44. The number of hydrogen-bond donors (Lipinski definition) is 4.